The molecule has 194 valence electrons. The number of fused-ring (bicyclic) bond motifs is 2. The number of esters is 1. The molecule has 0 aliphatic carbocycles. The number of anilines is 3. The number of hydrogen-bond acceptors (Lipinski definition) is 6. The van der Waals surface area contributed by atoms with Crippen LogP contribution in [0.25, 0.3) is 11.0 Å². The molecule has 10 nitrogen and oxygen atoms in total. The first kappa shape index (κ1) is 24.6. The predicted octanol–water partition coefficient (Wildman–Crippen LogP) is 4.23. The molecule has 1 aromatic heterocycles. The van der Waals surface area contributed by atoms with E-state index in [-0.39, 0.29) is 39.5 Å². The van der Waals surface area contributed by atoms with Crippen molar-refractivity contribution in [1.29, 1.82) is 0 Å². The van der Waals surface area contributed by atoms with E-state index in [4.69, 9.17) is 10.5 Å². The van der Waals surface area contributed by atoms with Crippen molar-refractivity contribution >= 4 is 46.3 Å². The fraction of sp³-hybridized carbons (Fsp3) is 0.120. The summed E-state index contributed by atoms with van der Waals surface area (Å²) in [7, 11) is 1.25. The third-order valence-corrected chi connectivity index (χ3v) is 6.11. The molecule has 38 heavy (non-hydrogen) atoms. The summed E-state index contributed by atoms with van der Waals surface area (Å²) in [5.74, 6) is -3.31. The Morgan fingerprint density at radius 3 is 2.53 bits per heavy atom. The number of rotatable bonds is 4. The van der Waals surface area contributed by atoms with Gasteiger partial charge in [-0.2, -0.15) is 13.2 Å². The van der Waals surface area contributed by atoms with Crippen LogP contribution in [0.1, 0.15) is 21.5 Å². The molecule has 0 bridgehead atoms. The molecule has 3 aromatic carbocycles. The normalized spacial score (nSPS) is 16.9. The predicted molar refractivity (Wildman–Crippen MR) is 130 cm³/mol. The highest BCUT2D eigenvalue weighted by molar-refractivity contribution is 6.13. The number of H-pyrrole nitrogens is 1. The number of aromatic nitrogens is 2. The largest absolute Gasteiger partial charge is 0.491 e. The first-order chi connectivity index (χ1) is 17.9. The Labute approximate surface area is 212 Å². The fourth-order valence-corrected chi connectivity index (χ4v) is 4.40. The van der Waals surface area contributed by atoms with Gasteiger partial charge < -0.3 is 20.6 Å². The highest BCUT2D eigenvalue weighted by Crippen LogP contribution is 2.49. The Bertz CT molecular complexity index is 1620. The van der Waals surface area contributed by atoms with Crippen molar-refractivity contribution < 1.29 is 37.4 Å². The third-order valence-electron chi connectivity index (χ3n) is 6.11. The second-order valence-corrected chi connectivity index (χ2v) is 8.45. The quantitative estimate of drug-likeness (QED) is 0.267. The molecular weight excluding hydrogens is 507 g/mol. The summed E-state index contributed by atoms with van der Waals surface area (Å²) in [6, 6.07) is 15.8. The molecule has 5 rings (SSSR count). The van der Waals surface area contributed by atoms with Crippen molar-refractivity contribution in [2.24, 2.45) is 0 Å². The molecular formula is C25H18F3N5O5. The number of alkyl halides is 3. The molecule has 0 radical (unpaired) electrons. The van der Waals surface area contributed by atoms with Gasteiger partial charge in [0, 0.05) is 29.4 Å². The minimum Gasteiger partial charge on any atom is -0.465 e. The third kappa shape index (κ3) is 3.75. The Hall–Kier alpha value is -5.07. The molecule has 13 heteroatoms. The topological polar surface area (TPSA) is 142 Å². The van der Waals surface area contributed by atoms with Crippen LogP contribution in [-0.2, 0) is 15.3 Å². The van der Waals surface area contributed by atoms with Crippen molar-refractivity contribution in [2.45, 2.75) is 11.9 Å². The molecule has 4 N–H and O–H groups in total. The lowest BCUT2D eigenvalue weighted by atomic mass is 9.92. The summed E-state index contributed by atoms with van der Waals surface area (Å²) < 4.78 is 46.1. The maximum absolute atomic E-state index is 13.7. The van der Waals surface area contributed by atoms with Crippen LogP contribution in [0.5, 0.6) is 0 Å². The summed E-state index contributed by atoms with van der Waals surface area (Å²) in [4.78, 5) is 46.2. The van der Waals surface area contributed by atoms with Crippen LogP contribution >= 0.6 is 0 Å². The number of benzene rings is 3. The number of amides is 2. The van der Waals surface area contributed by atoms with E-state index in [1.54, 1.807) is 0 Å². The second kappa shape index (κ2) is 8.50. The number of hydrogen-bond donors (Lipinski definition) is 3. The van der Waals surface area contributed by atoms with E-state index in [1.165, 1.54) is 73.8 Å². The van der Waals surface area contributed by atoms with E-state index in [9.17, 15) is 32.7 Å². The van der Waals surface area contributed by atoms with Crippen molar-refractivity contribution in [3.05, 3.63) is 83.4 Å². The van der Waals surface area contributed by atoms with Crippen LogP contribution in [0.3, 0.4) is 0 Å². The lowest BCUT2D eigenvalue weighted by molar-refractivity contribution is -0.211. The average Bonchev–Trinajstić information content (AvgIpc) is 3.40. The molecule has 1 atom stereocenters. The number of carbonyl (C=O) groups excluding carboxylic acids is 2. The Kier molecular flexibility index (Phi) is 5.51. The highest BCUT2D eigenvalue weighted by atomic mass is 19.4. The summed E-state index contributed by atoms with van der Waals surface area (Å²) in [6.45, 7) is 0. The first-order valence-electron chi connectivity index (χ1n) is 11.0. The van der Waals surface area contributed by atoms with Crippen molar-refractivity contribution in [2.75, 3.05) is 22.6 Å². The molecule has 2 heterocycles. The van der Waals surface area contributed by atoms with Gasteiger partial charge in [-0.3, -0.25) is 14.6 Å². The number of nitrogen functional groups attached to an aromatic ring is 1. The number of carbonyl (C=O) groups is 3. The van der Waals surface area contributed by atoms with E-state index in [0.717, 1.165) is 9.80 Å². The molecule has 0 spiro atoms. The number of aromatic amines is 1. The van der Waals surface area contributed by atoms with Crippen LogP contribution < -0.4 is 15.5 Å². The minimum absolute atomic E-state index is 0.0113. The number of carboxylic acid groups (broad SMARTS) is 1. The smallest absolute Gasteiger partial charge is 0.465 e. The van der Waals surface area contributed by atoms with E-state index < -0.39 is 29.9 Å². The lowest BCUT2D eigenvalue weighted by Gasteiger charge is -2.38. The van der Waals surface area contributed by atoms with Gasteiger partial charge in [-0.25, -0.2) is 14.6 Å². The summed E-state index contributed by atoms with van der Waals surface area (Å²) in [5, 5.41) is 9.27. The maximum Gasteiger partial charge on any atom is 0.491 e. The van der Waals surface area contributed by atoms with Crippen molar-refractivity contribution in [3.63, 3.8) is 0 Å². The Morgan fingerprint density at radius 2 is 1.84 bits per heavy atom. The first-order valence-corrected chi connectivity index (χ1v) is 11.0. The van der Waals surface area contributed by atoms with Gasteiger partial charge in [-0.05, 0) is 36.4 Å². The standard InChI is InChI=1S/C25H18F3N5O5/c1-32(23(36)37)22-30-18-10-9-13(11-19(18)31-22)24(38-21(35)25(26,27)28)17-8-3-2-7-16(17)20(34)33(24)15-6-4-5-14(29)12-15/h2-12H,29H2,1H3,(H,30,31)(H,36,37). The van der Waals surface area contributed by atoms with Crippen LogP contribution in [0.4, 0.5) is 35.3 Å². The fourth-order valence-electron chi connectivity index (χ4n) is 4.40. The van der Waals surface area contributed by atoms with Gasteiger partial charge in [0.2, 0.25) is 11.7 Å². The molecule has 1 aliphatic heterocycles. The number of halogens is 3. The molecule has 0 fully saturated rings. The Morgan fingerprint density at radius 1 is 1.11 bits per heavy atom. The average molecular weight is 525 g/mol. The monoisotopic (exact) mass is 525 g/mol. The van der Waals surface area contributed by atoms with Gasteiger partial charge in [0.15, 0.2) is 0 Å². The Balaban J connectivity index is 1.81. The maximum atomic E-state index is 13.7. The van der Waals surface area contributed by atoms with Gasteiger partial charge in [-0.15, -0.1) is 0 Å². The van der Waals surface area contributed by atoms with Crippen molar-refractivity contribution in [1.82, 2.24) is 9.97 Å². The summed E-state index contributed by atoms with van der Waals surface area (Å²) in [6.07, 6.45) is -6.69. The highest BCUT2D eigenvalue weighted by Gasteiger charge is 2.58. The van der Waals surface area contributed by atoms with E-state index in [2.05, 4.69) is 9.97 Å². The van der Waals surface area contributed by atoms with Crippen molar-refractivity contribution in [3.8, 4) is 0 Å². The van der Waals surface area contributed by atoms with E-state index in [0.29, 0.717) is 5.52 Å². The molecule has 2 amide bonds. The van der Waals surface area contributed by atoms with Gasteiger partial charge >= 0.3 is 18.2 Å². The van der Waals surface area contributed by atoms with Gasteiger partial charge in [0.05, 0.1) is 16.7 Å². The molecule has 0 saturated carbocycles. The second-order valence-electron chi connectivity index (χ2n) is 8.45. The van der Waals surface area contributed by atoms with E-state index in [1.807, 2.05) is 0 Å². The molecule has 4 aromatic rings. The number of imidazole rings is 1. The van der Waals surface area contributed by atoms with Crippen LogP contribution in [0.15, 0.2) is 66.7 Å². The number of nitrogens with two attached hydrogens (primary N) is 1. The zero-order chi connectivity index (χ0) is 27.4. The zero-order valence-corrected chi connectivity index (χ0v) is 19.5. The van der Waals surface area contributed by atoms with Gasteiger partial charge in [0.25, 0.3) is 5.91 Å². The van der Waals surface area contributed by atoms with E-state index >= 15 is 0 Å². The summed E-state index contributed by atoms with van der Waals surface area (Å²) in [5.41, 5.74) is 4.26. The zero-order valence-electron chi connectivity index (χ0n) is 19.5. The number of ether oxygens (including phenoxy) is 1. The van der Waals surface area contributed by atoms with Crippen LogP contribution in [0.2, 0.25) is 0 Å². The molecule has 0 saturated heterocycles. The number of nitrogens with one attached hydrogen (secondary N) is 1. The minimum atomic E-state index is -5.39. The number of nitrogens with zero attached hydrogens (tertiary/aromatic N) is 3. The van der Waals surface area contributed by atoms with Crippen LogP contribution in [0, 0.1) is 0 Å². The summed E-state index contributed by atoms with van der Waals surface area (Å²) >= 11 is 0. The van der Waals surface area contributed by atoms with Crippen LogP contribution in [-0.4, -0.2) is 46.3 Å². The van der Waals surface area contributed by atoms with Gasteiger partial charge in [-0.1, -0.05) is 30.3 Å². The SMILES string of the molecule is CN(C(=O)O)c1nc2cc(C3(OC(=O)C(F)(F)F)c4ccccc4C(=O)N3c3cccc(N)c3)ccc2[nH]1. The van der Waals surface area contributed by atoms with Gasteiger partial charge in [0.1, 0.15) is 0 Å². The lowest BCUT2D eigenvalue weighted by Crippen LogP contribution is -2.50. The molecule has 1 unspecified atom stereocenters. The molecule has 1 aliphatic rings.